The van der Waals surface area contributed by atoms with E-state index in [1.54, 1.807) is 18.2 Å². The maximum Gasteiger partial charge on any atom is 0.274 e. The van der Waals surface area contributed by atoms with Crippen LogP contribution in [0.3, 0.4) is 0 Å². The van der Waals surface area contributed by atoms with Gasteiger partial charge < -0.3 is 15.4 Å². The van der Waals surface area contributed by atoms with Gasteiger partial charge in [0.2, 0.25) is 0 Å². The summed E-state index contributed by atoms with van der Waals surface area (Å²) in [6.45, 7) is 7.47. The van der Waals surface area contributed by atoms with E-state index in [0.717, 1.165) is 30.7 Å². The topological polar surface area (TPSA) is 80.3 Å². The number of aromatic nitrogens is 1. The normalized spacial score (nSPS) is 16.6. The molecule has 0 aliphatic carbocycles. The lowest BCUT2D eigenvalue weighted by molar-refractivity contribution is 0.0853. The number of pyridine rings is 1. The molecule has 1 aliphatic rings. The predicted octanol–water partition coefficient (Wildman–Crippen LogP) is 3.54. The number of para-hydroxylation sites is 1. The molecule has 6 heteroatoms. The summed E-state index contributed by atoms with van der Waals surface area (Å²) in [5.41, 5.74) is 2.09. The van der Waals surface area contributed by atoms with Gasteiger partial charge in [-0.05, 0) is 42.0 Å². The van der Waals surface area contributed by atoms with Gasteiger partial charge in [0.25, 0.3) is 11.8 Å². The Balaban J connectivity index is 1.70. The van der Waals surface area contributed by atoms with Crippen molar-refractivity contribution in [2.45, 2.75) is 45.1 Å². The smallest absolute Gasteiger partial charge is 0.274 e. The van der Waals surface area contributed by atoms with Gasteiger partial charge in [-0.15, -0.1) is 0 Å². The lowest BCUT2D eigenvalue weighted by atomic mass is 9.86. The fourth-order valence-electron chi connectivity index (χ4n) is 3.22. The maximum absolute atomic E-state index is 12.7. The minimum absolute atomic E-state index is 0.0596. The summed E-state index contributed by atoms with van der Waals surface area (Å²) in [6, 6.07) is 12.6. The van der Waals surface area contributed by atoms with Crippen LogP contribution in [-0.4, -0.2) is 36.1 Å². The highest BCUT2D eigenvalue weighted by Crippen LogP contribution is 2.29. The Morgan fingerprint density at radius 3 is 2.46 bits per heavy atom. The molecule has 1 unspecified atom stereocenters. The van der Waals surface area contributed by atoms with E-state index in [2.05, 4.69) is 36.4 Å². The van der Waals surface area contributed by atoms with Crippen LogP contribution in [0.15, 0.2) is 42.5 Å². The Morgan fingerprint density at radius 2 is 1.79 bits per heavy atom. The largest absolute Gasteiger partial charge is 0.376 e. The van der Waals surface area contributed by atoms with Crippen LogP contribution in [0.5, 0.6) is 0 Å². The van der Waals surface area contributed by atoms with E-state index in [-0.39, 0.29) is 34.7 Å². The average molecular weight is 381 g/mol. The van der Waals surface area contributed by atoms with Crippen molar-refractivity contribution in [1.29, 1.82) is 0 Å². The Hall–Kier alpha value is -2.73. The van der Waals surface area contributed by atoms with Crippen LogP contribution in [0.1, 0.15) is 60.2 Å². The van der Waals surface area contributed by atoms with Crippen molar-refractivity contribution in [2.24, 2.45) is 0 Å². The van der Waals surface area contributed by atoms with E-state index < -0.39 is 0 Å². The minimum atomic E-state index is -0.342. The number of nitrogens with one attached hydrogen (secondary N) is 2. The van der Waals surface area contributed by atoms with Crippen LogP contribution in [0.2, 0.25) is 0 Å². The van der Waals surface area contributed by atoms with Gasteiger partial charge in [0.15, 0.2) is 0 Å². The summed E-state index contributed by atoms with van der Waals surface area (Å²) in [5.74, 6) is -0.647. The van der Waals surface area contributed by atoms with Crippen molar-refractivity contribution in [2.75, 3.05) is 18.5 Å². The molecule has 2 amide bonds. The van der Waals surface area contributed by atoms with Crippen LogP contribution in [0.25, 0.3) is 0 Å². The summed E-state index contributed by atoms with van der Waals surface area (Å²) in [7, 11) is 0. The first-order valence-electron chi connectivity index (χ1n) is 9.62. The standard InChI is InChI=1S/C22H27N3O3/c1-22(2,3)16-9-4-5-10-17(16)25-21(27)19-12-6-11-18(24-19)20(26)23-14-15-8-7-13-28-15/h4-6,9-12,15H,7-8,13-14H2,1-3H3,(H,23,26)(H,25,27). The monoisotopic (exact) mass is 381 g/mol. The second-order valence-electron chi connectivity index (χ2n) is 8.00. The Morgan fingerprint density at radius 1 is 1.07 bits per heavy atom. The third-order valence-corrected chi connectivity index (χ3v) is 4.71. The molecular formula is C22H27N3O3. The van der Waals surface area contributed by atoms with Gasteiger partial charge in [-0.3, -0.25) is 9.59 Å². The molecule has 0 bridgehead atoms. The van der Waals surface area contributed by atoms with E-state index in [4.69, 9.17) is 4.74 Å². The van der Waals surface area contributed by atoms with Crippen LogP contribution in [0.4, 0.5) is 5.69 Å². The van der Waals surface area contributed by atoms with E-state index in [9.17, 15) is 9.59 Å². The molecule has 0 spiro atoms. The third kappa shape index (κ3) is 4.95. The Kier molecular flexibility index (Phi) is 6.09. The summed E-state index contributed by atoms with van der Waals surface area (Å²) >= 11 is 0. The second kappa shape index (κ2) is 8.52. The highest BCUT2D eigenvalue weighted by atomic mass is 16.5. The van der Waals surface area contributed by atoms with Gasteiger partial charge in [0.1, 0.15) is 11.4 Å². The van der Waals surface area contributed by atoms with Crippen molar-refractivity contribution in [3.8, 4) is 0 Å². The molecular weight excluding hydrogens is 354 g/mol. The van der Waals surface area contributed by atoms with Crippen LogP contribution < -0.4 is 10.6 Å². The molecule has 3 rings (SSSR count). The number of anilines is 1. The summed E-state index contributed by atoms with van der Waals surface area (Å²) < 4.78 is 5.51. The number of hydrogen-bond acceptors (Lipinski definition) is 4. The van der Waals surface area contributed by atoms with Crippen molar-refractivity contribution in [3.63, 3.8) is 0 Å². The number of benzene rings is 1. The highest BCUT2D eigenvalue weighted by molar-refractivity contribution is 6.04. The fourth-order valence-corrected chi connectivity index (χ4v) is 3.22. The van der Waals surface area contributed by atoms with Gasteiger partial charge in [-0.1, -0.05) is 45.0 Å². The number of nitrogens with zero attached hydrogens (tertiary/aromatic N) is 1. The zero-order valence-electron chi connectivity index (χ0n) is 16.6. The summed E-state index contributed by atoms with van der Waals surface area (Å²) in [6.07, 6.45) is 2.03. The summed E-state index contributed by atoms with van der Waals surface area (Å²) in [4.78, 5) is 29.3. The molecule has 1 saturated heterocycles. The molecule has 28 heavy (non-hydrogen) atoms. The van der Waals surface area contributed by atoms with E-state index in [1.807, 2.05) is 24.3 Å². The fraction of sp³-hybridized carbons (Fsp3) is 0.409. The maximum atomic E-state index is 12.7. The van der Waals surface area contributed by atoms with Gasteiger partial charge in [-0.25, -0.2) is 4.98 Å². The number of carbonyl (C=O) groups is 2. The number of amides is 2. The van der Waals surface area contributed by atoms with Gasteiger partial charge in [-0.2, -0.15) is 0 Å². The zero-order chi connectivity index (χ0) is 20.1. The van der Waals surface area contributed by atoms with Crippen molar-refractivity contribution in [3.05, 3.63) is 59.4 Å². The molecule has 1 aromatic heterocycles. The predicted molar refractivity (Wildman–Crippen MR) is 109 cm³/mol. The number of carbonyl (C=O) groups excluding carboxylic acids is 2. The number of hydrogen-bond donors (Lipinski definition) is 2. The molecule has 2 aromatic rings. The first kappa shape index (κ1) is 20.0. The molecule has 2 N–H and O–H groups in total. The molecule has 0 saturated carbocycles. The molecule has 1 atom stereocenters. The third-order valence-electron chi connectivity index (χ3n) is 4.71. The lowest BCUT2D eigenvalue weighted by Gasteiger charge is -2.22. The number of rotatable bonds is 5. The van der Waals surface area contributed by atoms with E-state index >= 15 is 0 Å². The first-order valence-corrected chi connectivity index (χ1v) is 9.62. The molecule has 2 heterocycles. The molecule has 1 aliphatic heterocycles. The van der Waals surface area contributed by atoms with Gasteiger partial charge >= 0.3 is 0 Å². The zero-order valence-corrected chi connectivity index (χ0v) is 16.6. The van der Waals surface area contributed by atoms with E-state index in [1.165, 1.54) is 0 Å². The average Bonchev–Trinajstić information content (AvgIpc) is 3.19. The highest BCUT2D eigenvalue weighted by Gasteiger charge is 2.20. The SMILES string of the molecule is CC(C)(C)c1ccccc1NC(=O)c1cccc(C(=O)NCC2CCCO2)n1. The Bertz CT molecular complexity index is 852. The van der Waals surface area contributed by atoms with Crippen LogP contribution in [-0.2, 0) is 10.2 Å². The number of ether oxygens (including phenoxy) is 1. The molecule has 148 valence electrons. The van der Waals surface area contributed by atoms with Crippen molar-refractivity contribution >= 4 is 17.5 Å². The Labute approximate surface area is 165 Å². The first-order chi connectivity index (χ1) is 13.3. The minimum Gasteiger partial charge on any atom is -0.376 e. The lowest BCUT2D eigenvalue weighted by Crippen LogP contribution is -2.32. The molecule has 1 fully saturated rings. The van der Waals surface area contributed by atoms with Crippen molar-refractivity contribution < 1.29 is 14.3 Å². The quantitative estimate of drug-likeness (QED) is 0.830. The van der Waals surface area contributed by atoms with Crippen molar-refractivity contribution in [1.82, 2.24) is 10.3 Å². The molecule has 6 nitrogen and oxygen atoms in total. The molecule has 1 aromatic carbocycles. The van der Waals surface area contributed by atoms with Crippen LogP contribution in [0, 0.1) is 0 Å². The molecule has 0 radical (unpaired) electrons. The van der Waals surface area contributed by atoms with E-state index in [0.29, 0.717) is 6.54 Å². The van der Waals surface area contributed by atoms with Gasteiger partial charge in [0, 0.05) is 18.8 Å². The summed E-state index contributed by atoms with van der Waals surface area (Å²) in [5, 5.41) is 5.75. The van der Waals surface area contributed by atoms with Crippen LogP contribution >= 0.6 is 0 Å². The second-order valence-corrected chi connectivity index (χ2v) is 8.00. The van der Waals surface area contributed by atoms with Gasteiger partial charge in [0.05, 0.1) is 6.10 Å².